The van der Waals surface area contributed by atoms with Crippen LogP contribution in [0.5, 0.6) is 0 Å². The fraction of sp³-hybridized carbons (Fsp3) is 0.474. The lowest BCUT2D eigenvalue weighted by atomic mass is 10.1. The van der Waals surface area contributed by atoms with Gasteiger partial charge >= 0.3 is 12.4 Å². The number of hydrogen-bond acceptors (Lipinski definition) is 4. The van der Waals surface area contributed by atoms with Crippen LogP contribution in [0.4, 0.5) is 26.3 Å². The number of sulfonamides is 1. The minimum Gasteiger partial charge on any atom is -0.335 e. The van der Waals surface area contributed by atoms with E-state index in [0.717, 1.165) is 22.8 Å². The maximum atomic E-state index is 13.1. The van der Waals surface area contributed by atoms with Crippen LogP contribution in [0, 0.1) is 0 Å². The van der Waals surface area contributed by atoms with Crippen molar-refractivity contribution in [3.05, 3.63) is 46.8 Å². The second-order valence-electron chi connectivity index (χ2n) is 7.92. The number of halogens is 6. The normalized spacial score (nSPS) is 18.5. The largest absolute Gasteiger partial charge is 0.416 e. The molecule has 4 rings (SSSR count). The summed E-state index contributed by atoms with van der Waals surface area (Å²) in [6.07, 6.45) is -8.34. The highest BCUT2D eigenvalue weighted by Gasteiger charge is 2.40. The summed E-state index contributed by atoms with van der Waals surface area (Å²) in [4.78, 5) is 12.9. The van der Waals surface area contributed by atoms with Gasteiger partial charge in [0, 0.05) is 37.8 Å². The van der Waals surface area contributed by atoms with Crippen LogP contribution >= 0.6 is 0 Å². The van der Waals surface area contributed by atoms with E-state index in [2.05, 4.69) is 10.2 Å². The maximum absolute atomic E-state index is 13.1. The van der Waals surface area contributed by atoms with Crippen molar-refractivity contribution in [3.63, 3.8) is 0 Å². The molecule has 2 aliphatic rings. The Balaban J connectivity index is 1.52. The van der Waals surface area contributed by atoms with E-state index in [0.29, 0.717) is 5.92 Å². The van der Waals surface area contributed by atoms with Crippen LogP contribution in [-0.4, -0.2) is 59.9 Å². The zero-order valence-electron chi connectivity index (χ0n) is 16.9. The van der Waals surface area contributed by atoms with Gasteiger partial charge in [0.15, 0.2) is 0 Å². The predicted molar refractivity (Wildman–Crippen MR) is 102 cm³/mol. The van der Waals surface area contributed by atoms with Crippen molar-refractivity contribution in [3.8, 4) is 0 Å². The van der Waals surface area contributed by atoms with Crippen molar-refractivity contribution >= 4 is 15.9 Å². The average molecular weight is 496 g/mol. The number of H-pyrrole nitrogens is 1. The fourth-order valence-electron chi connectivity index (χ4n) is 3.57. The van der Waals surface area contributed by atoms with Gasteiger partial charge in [0.2, 0.25) is 10.0 Å². The molecule has 1 aromatic carbocycles. The van der Waals surface area contributed by atoms with E-state index >= 15 is 0 Å². The van der Waals surface area contributed by atoms with Gasteiger partial charge in [-0.05, 0) is 37.1 Å². The molecule has 2 aromatic rings. The van der Waals surface area contributed by atoms with Crippen molar-refractivity contribution in [1.29, 1.82) is 0 Å². The van der Waals surface area contributed by atoms with Crippen LogP contribution in [0.15, 0.2) is 29.2 Å². The van der Waals surface area contributed by atoms with Crippen LogP contribution < -0.4 is 0 Å². The Labute approximate surface area is 184 Å². The molecule has 14 heteroatoms. The number of nitrogens with zero attached hydrogens (tertiary/aromatic N) is 3. The zero-order chi connectivity index (χ0) is 24.2. The molecular weight excluding hydrogens is 478 g/mol. The highest BCUT2D eigenvalue weighted by molar-refractivity contribution is 7.89. The Bertz CT molecular complexity index is 1130. The molecule has 1 saturated carbocycles. The number of hydrogen-bond donors (Lipinski definition) is 1. The van der Waals surface area contributed by atoms with Crippen molar-refractivity contribution in [2.75, 3.05) is 26.2 Å². The molecule has 1 aromatic heterocycles. The first-order valence-corrected chi connectivity index (χ1v) is 11.3. The molecule has 0 bridgehead atoms. The lowest BCUT2D eigenvalue weighted by molar-refractivity contribution is -0.143. The van der Waals surface area contributed by atoms with E-state index in [1.807, 2.05) is 0 Å². The van der Waals surface area contributed by atoms with Gasteiger partial charge in [0.1, 0.15) is 5.69 Å². The summed E-state index contributed by atoms with van der Waals surface area (Å²) in [6.45, 7) is -0.749. The molecule has 0 unspecified atom stereocenters. The summed E-state index contributed by atoms with van der Waals surface area (Å²) in [7, 11) is -4.67. The first-order valence-electron chi connectivity index (χ1n) is 9.91. The molecule has 33 heavy (non-hydrogen) atoms. The Hall–Kier alpha value is -2.61. The number of benzene rings is 1. The molecule has 2 fully saturated rings. The van der Waals surface area contributed by atoms with Gasteiger partial charge in [0.25, 0.3) is 5.91 Å². The molecule has 7 nitrogen and oxygen atoms in total. The summed E-state index contributed by atoms with van der Waals surface area (Å²) in [5, 5.41) is 6.76. The Morgan fingerprint density at radius 1 is 0.909 bits per heavy atom. The topological polar surface area (TPSA) is 86.4 Å². The highest BCUT2D eigenvalue weighted by atomic mass is 32.2. The number of aromatic amines is 1. The van der Waals surface area contributed by atoms with Gasteiger partial charge in [-0.25, -0.2) is 8.42 Å². The minimum atomic E-state index is -5.17. The summed E-state index contributed by atoms with van der Waals surface area (Å²) in [5.41, 5.74) is -2.42. The van der Waals surface area contributed by atoms with E-state index in [4.69, 9.17) is 0 Å². The van der Waals surface area contributed by atoms with Crippen molar-refractivity contribution in [2.45, 2.75) is 36.0 Å². The minimum absolute atomic E-state index is 0.0885. The molecule has 1 amide bonds. The second-order valence-corrected chi connectivity index (χ2v) is 9.86. The van der Waals surface area contributed by atoms with E-state index in [1.54, 1.807) is 6.07 Å². The summed E-state index contributed by atoms with van der Waals surface area (Å²) in [5.74, 6) is -0.0938. The monoisotopic (exact) mass is 496 g/mol. The zero-order valence-corrected chi connectivity index (χ0v) is 17.7. The van der Waals surface area contributed by atoms with Gasteiger partial charge in [-0.3, -0.25) is 9.89 Å². The summed E-state index contributed by atoms with van der Waals surface area (Å²) >= 11 is 0. The molecule has 1 saturated heterocycles. The Morgan fingerprint density at radius 2 is 1.45 bits per heavy atom. The van der Waals surface area contributed by atoms with E-state index < -0.39 is 44.3 Å². The third-order valence-corrected chi connectivity index (χ3v) is 7.44. The Kier molecular flexibility index (Phi) is 5.71. The van der Waals surface area contributed by atoms with Gasteiger partial charge in [0.05, 0.1) is 16.0 Å². The summed E-state index contributed by atoms with van der Waals surface area (Å²) < 4.78 is 105. The number of carbonyl (C=O) groups is 1. The first-order chi connectivity index (χ1) is 15.3. The summed E-state index contributed by atoms with van der Waals surface area (Å²) in [6, 6.07) is 1.87. The van der Waals surface area contributed by atoms with Gasteiger partial charge in [-0.2, -0.15) is 35.7 Å². The van der Waals surface area contributed by atoms with Crippen LogP contribution in [0.25, 0.3) is 0 Å². The first kappa shape index (κ1) is 23.5. The fourth-order valence-corrected chi connectivity index (χ4v) is 5.06. The predicted octanol–water partition coefficient (Wildman–Crippen LogP) is 3.47. The molecule has 2 heterocycles. The molecule has 1 aliphatic carbocycles. The number of piperazine rings is 1. The van der Waals surface area contributed by atoms with Crippen molar-refractivity contribution < 1.29 is 39.6 Å². The lowest BCUT2D eigenvalue weighted by Gasteiger charge is -2.33. The van der Waals surface area contributed by atoms with Gasteiger partial charge in [-0.1, -0.05) is 0 Å². The third kappa shape index (κ3) is 4.86. The number of amides is 1. The number of rotatable bonds is 4. The molecule has 0 atom stereocenters. The molecule has 1 N–H and O–H groups in total. The highest BCUT2D eigenvalue weighted by Crippen LogP contribution is 2.39. The number of alkyl halides is 6. The van der Waals surface area contributed by atoms with Crippen LogP contribution in [0.1, 0.15) is 46.1 Å². The second kappa shape index (κ2) is 8.01. The SMILES string of the molecule is O=C(c1cc(C2CC2)[nH]n1)N1CCN(S(=O)(=O)c2cc(C(F)(F)F)cc(C(F)(F)F)c2)CC1. The standard InChI is InChI=1S/C19H18F6N4O3S/c20-18(21,22)12-7-13(19(23,24)25)9-14(8-12)33(31,32)29-5-3-28(4-6-29)17(30)16-10-15(26-27-16)11-1-2-11/h7-11H,1-6H2,(H,26,27). The molecule has 180 valence electrons. The number of nitrogens with one attached hydrogen (secondary N) is 1. The van der Waals surface area contributed by atoms with Crippen molar-refractivity contribution in [2.24, 2.45) is 0 Å². The molecule has 0 spiro atoms. The number of carbonyl (C=O) groups excluding carboxylic acids is 1. The van der Waals surface area contributed by atoms with Crippen LogP contribution in [0.3, 0.4) is 0 Å². The number of aromatic nitrogens is 2. The molecule has 1 aliphatic heterocycles. The maximum Gasteiger partial charge on any atom is 0.416 e. The average Bonchev–Trinajstić information content (AvgIpc) is 3.48. The molecule has 0 radical (unpaired) electrons. The van der Waals surface area contributed by atoms with E-state index in [1.165, 1.54) is 4.90 Å². The van der Waals surface area contributed by atoms with Gasteiger partial charge < -0.3 is 4.90 Å². The van der Waals surface area contributed by atoms with Gasteiger partial charge in [-0.15, -0.1) is 0 Å². The van der Waals surface area contributed by atoms with Crippen molar-refractivity contribution in [1.82, 2.24) is 19.4 Å². The smallest absolute Gasteiger partial charge is 0.335 e. The van der Waals surface area contributed by atoms with E-state index in [-0.39, 0.29) is 50.1 Å². The van der Waals surface area contributed by atoms with E-state index in [9.17, 15) is 39.6 Å². The van der Waals surface area contributed by atoms with Crippen LogP contribution in [-0.2, 0) is 22.4 Å². The third-order valence-electron chi connectivity index (χ3n) is 5.56. The Morgan fingerprint density at radius 3 is 1.94 bits per heavy atom. The lowest BCUT2D eigenvalue weighted by Crippen LogP contribution is -2.50. The molecular formula is C19H18F6N4O3S. The quantitative estimate of drug-likeness (QED) is 0.657. The van der Waals surface area contributed by atoms with Crippen LogP contribution in [0.2, 0.25) is 0 Å².